The Kier molecular flexibility index (Phi) is 5.62. The molecule has 118 valence electrons. The molecule has 2 heterocycles. The molecule has 0 aliphatic carbocycles. The third-order valence-electron chi connectivity index (χ3n) is 4.32. The molecule has 3 rings (SSSR count). The third kappa shape index (κ3) is 3.19. The number of amides is 1. The van der Waals surface area contributed by atoms with E-state index in [0.29, 0.717) is 18.4 Å². The Bertz CT molecular complexity index is 629. The van der Waals surface area contributed by atoms with Gasteiger partial charge in [0.05, 0.1) is 4.88 Å². The molecule has 2 atom stereocenters. The highest BCUT2D eigenvalue weighted by atomic mass is 35.5. The van der Waals surface area contributed by atoms with Crippen LogP contribution in [0.5, 0.6) is 0 Å². The van der Waals surface area contributed by atoms with Crippen LogP contribution in [0.15, 0.2) is 41.8 Å². The van der Waals surface area contributed by atoms with Gasteiger partial charge in [0.2, 0.25) is 0 Å². The van der Waals surface area contributed by atoms with E-state index in [4.69, 9.17) is 5.73 Å². The number of halogens is 1. The lowest BCUT2D eigenvalue weighted by Gasteiger charge is -2.16. The molecule has 1 aromatic heterocycles. The first kappa shape index (κ1) is 17.0. The third-order valence-corrected chi connectivity index (χ3v) is 5.32. The van der Waals surface area contributed by atoms with E-state index >= 15 is 0 Å². The number of nitrogens with two attached hydrogens (primary N) is 1. The molecular formula is C17H21ClN2OS. The molecule has 3 nitrogen and oxygen atoms in total. The highest BCUT2D eigenvalue weighted by Gasteiger charge is 2.36. The molecule has 2 aromatic rings. The van der Waals surface area contributed by atoms with Crippen molar-refractivity contribution < 1.29 is 4.79 Å². The monoisotopic (exact) mass is 336 g/mol. The first-order valence-electron chi connectivity index (χ1n) is 7.29. The molecule has 0 spiro atoms. The number of benzene rings is 1. The largest absolute Gasteiger partial charge is 0.337 e. The lowest BCUT2D eigenvalue weighted by Crippen LogP contribution is -2.29. The van der Waals surface area contributed by atoms with Crippen LogP contribution in [-0.4, -0.2) is 30.4 Å². The average molecular weight is 337 g/mol. The van der Waals surface area contributed by atoms with E-state index in [0.717, 1.165) is 23.5 Å². The minimum absolute atomic E-state index is 0. The summed E-state index contributed by atoms with van der Waals surface area (Å²) >= 11 is 1.53. The summed E-state index contributed by atoms with van der Waals surface area (Å²) in [5, 5.41) is 1.98. The van der Waals surface area contributed by atoms with Gasteiger partial charge in [-0.3, -0.25) is 4.79 Å². The van der Waals surface area contributed by atoms with Crippen molar-refractivity contribution in [2.45, 2.75) is 12.8 Å². The topological polar surface area (TPSA) is 46.3 Å². The first-order chi connectivity index (χ1) is 10.2. The second-order valence-corrected chi connectivity index (χ2v) is 6.57. The summed E-state index contributed by atoms with van der Waals surface area (Å²) in [5.41, 5.74) is 8.29. The van der Waals surface area contributed by atoms with Crippen molar-refractivity contribution in [3.63, 3.8) is 0 Å². The molecule has 1 fully saturated rings. The van der Waals surface area contributed by atoms with Gasteiger partial charge in [-0.2, -0.15) is 0 Å². The predicted octanol–water partition coefficient (Wildman–Crippen LogP) is 3.29. The Hall–Kier alpha value is -1.36. The summed E-state index contributed by atoms with van der Waals surface area (Å²) in [7, 11) is 0. The van der Waals surface area contributed by atoms with E-state index < -0.39 is 0 Å². The van der Waals surface area contributed by atoms with Crippen LogP contribution in [0.2, 0.25) is 0 Å². The predicted molar refractivity (Wildman–Crippen MR) is 93.9 cm³/mol. The van der Waals surface area contributed by atoms with Crippen molar-refractivity contribution in [2.24, 2.45) is 11.7 Å². The van der Waals surface area contributed by atoms with E-state index in [1.165, 1.54) is 16.9 Å². The number of nitrogens with zero attached hydrogens (tertiary/aromatic N) is 1. The van der Waals surface area contributed by atoms with Crippen LogP contribution in [0.4, 0.5) is 0 Å². The lowest BCUT2D eigenvalue weighted by atomic mass is 9.89. The van der Waals surface area contributed by atoms with Gasteiger partial charge in [-0.1, -0.05) is 30.3 Å². The number of likely N-dealkylation sites (tertiary alicyclic amines) is 1. The Morgan fingerprint density at radius 2 is 2.00 bits per heavy atom. The molecule has 1 amide bonds. The van der Waals surface area contributed by atoms with Crippen molar-refractivity contribution in [3.8, 4) is 0 Å². The fourth-order valence-corrected chi connectivity index (χ4v) is 3.98. The highest BCUT2D eigenvalue weighted by Crippen LogP contribution is 2.33. The maximum atomic E-state index is 12.7. The number of aryl methyl sites for hydroxylation is 1. The van der Waals surface area contributed by atoms with Gasteiger partial charge in [-0.05, 0) is 42.0 Å². The van der Waals surface area contributed by atoms with Gasteiger partial charge in [0.15, 0.2) is 0 Å². The number of carbonyl (C=O) groups is 1. The molecule has 2 N–H and O–H groups in total. The summed E-state index contributed by atoms with van der Waals surface area (Å²) in [4.78, 5) is 15.5. The zero-order valence-corrected chi connectivity index (χ0v) is 14.2. The second kappa shape index (κ2) is 7.27. The number of hydrogen-bond donors (Lipinski definition) is 1. The van der Waals surface area contributed by atoms with Crippen LogP contribution < -0.4 is 5.73 Å². The summed E-state index contributed by atoms with van der Waals surface area (Å²) in [6.45, 7) is 4.13. The number of thiophene rings is 1. The van der Waals surface area contributed by atoms with Crippen molar-refractivity contribution >= 4 is 29.7 Å². The number of rotatable bonds is 3. The van der Waals surface area contributed by atoms with Crippen molar-refractivity contribution in [1.82, 2.24) is 4.90 Å². The van der Waals surface area contributed by atoms with Crippen LogP contribution in [0.25, 0.3) is 0 Å². The summed E-state index contributed by atoms with van der Waals surface area (Å²) in [6, 6.07) is 12.4. The molecule has 5 heteroatoms. The Balaban J connectivity index is 0.00000176. The van der Waals surface area contributed by atoms with E-state index in [2.05, 4.69) is 24.3 Å². The minimum Gasteiger partial charge on any atom is -0.337 e. The molecule has 0 bridgehead atoms. The summed E-state index contributed by atoms with van der Waals surface area (Å²) in [5.74, 6) is 0.844. The van der Waals surface area contributed by atoms with E-state index in [1.54, 1.807) is 0 Å². The zero-order valence-electron chi connectivity index (χ0n) is 12.6. The van der Waals surface area contributed by atoms with Crippen LogP contribution in [0.1, 0.15) is 26.7 Å². The average Bonchev–Trinajstić information content (AvgIpc) is 3.13. The zero-order chi connectivity index (χ0) is 14.8. The van der Waals surface area contributed by atoms with Gasteiger partial charge in [0.1, 0.15) is 0 Å². The second-order valence-electron chi connectivity index (χ2n) is 5.66. The maximum absolute atomic E-state index is 12.7. The van der Waals surface area contributed by atoms with Crippen molar-refractivity contribution in [3.05, 3.63) is 57.8 Å². The SMILES string of the molecule is Cc1ccsc1C(=O)N1C[C@@H](CN)[C@H](c2ccccc2)C1.Cl. The summed E-state index contributed by atoms with van der Waals surface area (Å²) in [6.07, 6.45) is 0. The van der Waals surface area contributed by atoms with Crippen LogP contribution in [-0.2, 0) is 0 Å². The number of carbonyl (C=O) groups excluding carboxylic acids is 1. The minimum atomic E-state index is 0. The van der Waals surface area contributed by atoms with Gasteiger partial charge in [-0.25, -0.2) is 0 Å². The molecule has 1 aliphatic rings. The van der Waals surface area contributed by atoms with Gasteiger partial charge < -0.3 is 10.6 Å². The lowest BCUT2D eigenvalue weighted by molar-refractivity contribution is 0.0790. The first-order valence-corrected chi connectivity index (χ1v) is 8.17. The van der Waals surface area contributed by atoms with Crippen molar-refractivity contribution in [1.29, 1.82) is 0 Å². The fraction of sp³-hybridized carbons (Fsp3) is 0.353. The Labute approximate surface area is 141 Å². The quantitative estimate of drug-likeness (QED) is 0.934. The van der Waals surface area contributed by atoms with E-state index in [9.17, 15) is 4.79 Å². The fourth-order valence-electron chi connectivity index (χ4n) is 3.09. The Morgan fingerprint density at radius 3 is 2.59 bits per heavy atom. The number of hydrogen-bond acceptors (Lipinski definition) is 3. The van der Waals surface area contributed by atoms with Crippen LogP contribution >= 0.6 is 23.7 Å². The van der Waals surface area contributed by atoms with Crippen LogP contribution in [0, 0.1) is 12.8 Å². The van der Waals surface area contributed by atoms with Crippen molar-refractivity contribution in [2.75, 3.05) is 19.6 Å². The van der Waals surface area contributed by atoms with Gasteiger partial charge in [0.25, 0.3) is 5.91 Å². The summed E-state index contributed by atoms with van der Waals surface area (Å²) < 4.78 is 0. The van der Waals surface area contributed by atoms with Crippen LogP contribution in [0.3, 0.4) is 0 Å². The Morgan fingerprint density at radius 1 is 1.27 bits per heavy atom. The molecule has 1 saturated heterocycles. The standard InChI is InChI=1S/C17H20N2OS.ClH/c1-12-7-8-21-16(12)17(20)19-10-14(9-18)15(11-19)13-5-3-2-4-6-13;/h2-8,14-15H,9-11,18H2,1H3;1H/t14-,15+;/m1./s1. The van der Waals surface area contributed by atoms with E-state index in [-0.39, 0.29) is 18.3 Å². The molecule has 22 heavy (non-hydrogen) atoms. The molecule has 0 radical (unpaired) electrons. The molecule has 1 aromatic carbocycles. The molecule has 0 saturated carbocycles. The molecular weight excluding hydrogens is 316 g/mol. The smallest absolute Gasteiger partial charge is 0.264 e. The normalized spacial score (nSPS) is 20.7. The van der Waals surface area contributed by atoms with Gasteiger partial charge >= 0.3 is 0 Å². The maximum Gasteiger partial charge on any atom is 0.264 e. The van der Waals surface area contributed by atoms with E-state index in [1.807, 2.05) is 29.3 Å². The molecule has 0 unspecified atom stereocenters. The van der Waals surface area contributed by atoms with Gasteiger partial charge in [-0.15, -0.1) is 23.7 Å². The molecule has 1 aliphatic heterocycles. The highest BCUT2D eigenvalue weighted by molar-refractivity contribution is 7.12. The van der Waals surface area contributed by atoms with Gasteiger partial charge in [0, 0.05) is 19.0 Å².